The molecular weight excluding hydrogens is 325 g/mol. The van der Waals surface area contributed by atoms with Crippen molar-refractivity contribution in [1.29, 1.82) is 0 Å². The molecule has 0 bridgehead atoms. The molecule has 0 spiro atoms. The lowest BCUT2D eigenvalue weighted by Gasteiger charge is -2.21. The Kier molecular flexibility index (Phi) is 4.34. The van der Waals surface area contributed by atoms with Gasteiger partial charge in [-0.1, -0.05) is 27.5 Å². The van der Waals surface area contributed by atoms with Crippen molar-refractivity contribution in [3.63, 3.8) is 0 Å². The van der Waals surface area contributed by atoms with Crippen LogP contribution in [0.4, 0.5) is 0 Å². The Labute approximate surface area is 119 Å². The molecule has 1 fully saturated rings. The smallest absolute Gasteiger partial charge is 0.255 e. The molecule has 0 radical (unpaired) electrons. The monoisotopic (exact) mass is 335 g/mol. The number of hydrogen-bond acceptors (Lipinski definition) is 1. The lowest BCUT2D eigenvalue weighted by Crippen LogP contribution is -2.34. The number of carbonyl (C=O) groups excluding carboxylic acids is 1. The molecule has 0 aromatic heterocycles. The van der Waals surface area contributed by atoms with Crippen molar-refractivity contribution < 1.29 is 4.79 Å². The minimum atomic E-state index is -0.0225. The summed E-state index contributed by atoms with van der Waals surface area (Å²) in [5.74, 6) is 0.432. The second-order valence-electron chi connectivity index (χ2n) is 4.04. The van der Waals surface area contributed by atoms with E-state index in [0.29, 0.717) is 29.1 Å². The maximum Gasteiger partial charge on any atom is 0.255 e. The van der Waals surface area contributed by atoms with Crippen molar-refractivity contribution >= 4 is 45.0 Å². The van der Waals surface area contributed by atoms with Gasteiger partial charge in [-0.2, -0.15) is 0 Å². The van der Waals surface area contributed by atoms with E-state index in [9.17, 15) is 4.79 Å². The molecule has 0 atom stereocenters. The second kappa shape index (κ2) is 5.59. The van der Waals surface area contributed by atoms with Gasteiger partial charge in [-0.25, -0.2) is 0 Å². The standard InChI is InChI=1S/C12H12BrCl2NO/c13-8-1-4-10(11(15)7-8)12(17)16(6-5-14)9-2-3-9/h1,4,7,9H,2-3,5-6H2. The summed E-state index contributed by atoms with van der Waals surface area (Å²) in [6, 6.07) is 5.66. The molecule has 1 aliphatic rings. The predicted molar refractivity (Wildman–Crippen MR) is 73.9 cm³/mol. The van der Waals surface area contributed by atoms with Crippen molar-refractivity contribution in [2.45, 2.75) is 18.9 Å². The van der Waals surface area contributed by atoms with Gasteiger partial charge in [0.25, 0.3) is 5.91 Å². The fourth-order valence-electron chi connectivity index (χ4n) is 1.74. The van der Waals surface area contributed by atoms with E-state index in [0.717, 1.165) is 17.3 Å². The molecular formula is C12H12BrCl2NO. The summed E-state index contributed by atoms with van der Waals surface area (Å²) in [5.41, 5.74) is 0.548. The fraction of sp³-hybridized carbons (Fsp3) is 0.417. The molecule has 0 aliphatic heterocycles. The van der Waals surface area contributed by atoms with E-state index >= 15 is 0 Å². The van der Waals surface area contributed by atoms with Gasteiger partial charge in [0.2, 0.25) is 0 Å². The van der Waals surface area contributed by atoms with Gasteiger partial charge in [0.05, 0.1) is 10.6 Å². The number of amides is 1. The van der Waals surface area contributed by atoms with Crippen LogP contribution in [0, 0.1) is 0 Å². The zero-order chi connectivity index (χ0) is 12.4. The Morgan fingerprint density at radius 1 is 1.47 bits per heavy atom. The summed E-state index contributed by atoms with van der Waals surface area (Å²) in [7, 11) is 0. The third kappa shape index (κ3) is 3.15. The first kappa shape index (κ1) is 13.2. The van der Waals surface area contributed by atoms with Gasteiger partial charge in [0, 0.05) is 22.9 Å². The molecule has 5 heteroatoms. The highest BCUT2D eigenvalue weighted by Crippen LogP contribution is 2.30. The van der Waals surface area contributed by atoms with E-state index in [2.05, 4.69) is 15.9 Å². The van der Waals surface area contributed by atoms with Crippen LogP contribution in [0.25, 0.3) is 0 Å². The Bertz CT molecular complexity index is 435. The van der Waals surface area contributed by atoms with Gasteiger partial charge in [-0.15, -0.1) is 11.6 Å². The molecule has 1 saturated carbocycles. The van der Waals surface area contributed by atoms with Crippen LogP contribution in [0.2, 0.25) is 5.02 Å². The Morgan fingerprint density at radius 2 is 2.18 bits per heavy atom. The molecule has 0 N–H and O–H groups in total. The van der Waals surface area contributed by atoms with Crippen LogP contribution in [0.15, 0.2) is 22.7 Å². The van der Waals surface area contributed by atoms with Gasteiger partial charge in [0.15, 0.2) is 0 Å². The molecule has 1 aromatic rings. The Balaban J connectivity index is 2.22. The molecule has 1 aromatic carbocycles. The summed E-state index contributed by atoms with van der Waals surface area (Å²) < 4.78 is 0.870. The number of hydrogen-bond donors (Lipinski definition) is 0. The molecule has 0 saturated heterocycles. The molecule has 1 aliphatic carbocycles. The lowest BCUT2D eigenvalue weighted by atomic mass is 10.2. The number of alkyl halides is 1. The minimum Gasteiger partial charge on any atom is -0.334 e. The van der Waals surface area contributed by atoms with Crippen molar-refractivity contribution in [2.75, 3.05) is 12.4 Å². The first-order chi connectivity index (χ1) is 8.13. The summed E-state index contributed by atoms with van der Waals surface area (Å²) in [5, 5.41) is 0.476. The summed E-state index contributed by atoms with van der Waals surface area (Å²) >= 11 is 15.1. The summed E-state index contributed by atoms with van der Waals surface area (Å²) in [4.78, 5) is 14.1. The molecule has 1 amide bonds. The van der Waals surface area contributed by atoms with Gasteiger partial charge >= 0.3 is 0 Å². The van der Waals surface area contributed by atoms with Crippen LogP contribution in [0.1, 0.15) is 23.2 Å². The predicted octanol–water partition coefficient (Wildman–Crippen LogP) is 3.95. The number of benzene rings is 1. The first-order valence-corrected chi connectivity index (χ1v) is 7.16. The van der Waals surface area contributed by atoms with E-state index in [4.69, 9.17) is 23.2 Å². The van der Waals surface area contributed by atoms with Crippen LogP contribution >= 0.6 is 39.1 Å². The Hall–Kier alpha value is -0.250. The van der Waals surface area contributed by atoms with Crippen molar-refractivity contribution in [1.82, 2.24) is 4.90 Å². The first-order valence-electron chi connectivity index (χ1n) is 5.45. The maximum atomic E-state index is 12.3. The third-order valence-electron chi connectivity index (χ3n) is 2.74. The zero-order valence-electron chi connectivity index (χ0n) is 9.13. The highest BCUT2D eigenvalue weighted by Gasteiger charge is 2.33. The molecule has 0 heterocycles. The average Bonchev–Trinajstić information content (AvgIpc) is 3.09. The fourth-order valence-corrected chi connectivity index (χ4v) is 2.68. The van der Waals surface area contributed by atoms with Crippen molar-refractivity contribution in [2.24, 2.45) is 0 Å². The largest absolute Gasteiger partial charge is 0.334 e. The van der Waals surface area contributed by atoms with Crippen LogP contribution in [-0.2, 0) is 0 Å². The van der Waals surface area contributed by atoms with E-state index in [1.165, 1.54) is 0 Å². The molecule has 2 nitrogen and oxygen atoms in total. The molecule has 0 unspecified atom stereocenters. The lowest BCUT2D eigenvalue weighted by molar-refractivity contribution is 0.0754. The molecule has 92 valence electrons. The Morgan fingerprint density at radius 3 is 2.71 bits per heavy atom. The van der Waals surface area contributed by atoms with Gasteiger partial charge < -0.3 is 4.90 Å². The van der Waals surface area contributed by atoms with Gasteiger partial charge in [-0.3, -0.25) is 4.79 Å². The topological polar surface area (TPSA) is 20.3 Å². The van der Waals surface area contributed by atoms with E-state index in [-0.39, 0.29) is 5.91 Å². The number of halogens is 3. The third-order valence-corrected chi connectivity index (χ3v) is 3.71. The number of rotatable bonds is 4. The van der Waals surface area contributed by atoms with Crippen LogP contribution in [0.5, 0.6) is 0 Å². The minimum absolute atomic E-state index is 0.0225. The quantitative estimate of drug-likeness (QED) is 0.762. The highest BCUT2D eigenvalue weighted by molar-refractivity contribution is 9.10. The highest BCUT2D eigenvalue weighted by atomic mass is 79.9. The van der Waals surface area contributed by atoms with Gasteiger partial charge in [-0.05, 0) is 31.0 Å². The SMILES string of the molecule is O=C(c1ccc(Br)cc1Cl)N(CCCl)C1CC1. The van der Waals surface area contributed by atoms with Crippen LogP contribution in [0.3, 0.4) is 0 Å². The molecule has 2 rings (SSSR count). The summed E-state index contributed by atoms with van der Waals surface area (Å²) in [6.45, 7) is 0.581. The zero-order valence-corrected chi connectivity index (χ0v) is 12.2. The van der Waals surface area contributed by atoms with Crippen LogP contribution in [-0.4, -0.2) is 29.3 Å². The summed E-state index contributed by atoms with van der Waals surface area (Å²) in [6.07, 6.45) is 2.13. The maximum absolute atomic E-state index is 12.3. The van der Waals surface area contributed by atoms with Crippen molar-refractivity contribution in [3.8, 4) is 0 Å². The average molecular weight is 337 g/mol. The van der Waals surface area contributed by atoms with Gasteiger partial charge in [0.1, 0.15) is 0 Å². The van der Waals surface area contributed by atoms with E-state index < -0.39 is 0 Å². The second-order valence-corrected chi connectivity index (χ2v) is 5.74. The number of nitrogens with zero attached hydrogens (tertiary/aromatic N) is 1. The molecule has 17 heavy (non-hydrogen) atoms. The van der Waals surface area contributed by atoms with E-state index in [1.54, 1.807) is 12.1 Å². The normalized spacial score (nSPS) is 14.8. The van der Waals surface area contributed by atoms with E-state index in [1.807, 2.05) is 11.0 Å². The number of carbonyl (C=O) groups is 1. The van der Waals surface area contributed by atoms with Crippen molar-refractivity contribution in [3.05, 3.63) is 33.3 Å². The van der Waals surface area contributed by atoms with Crippen LogP contribution < -0.4 is 0 Å².